The van der Waals surface area contributed by atoms with Crippen LogP contribution in [0.1, 0.15) is 50.0 Å². The van der Waals surface area contributed by atoms with E-state index in [1.54, 1.807) is 0 Å². The molecule has 0 aromatic heterocycles. The fourth-order valence-corrected chi connectivity index (χ4v) is 3.79. The van der Waals surface area contributed by atoms with Gasteiger partial charge in [-0.25, -0.2) is 0 Å². The second-order valence-electron chi connectivity index (χ2n) is 6.66. The summed E-state index contributed by atoms with van der Waals surface area (Å²) in [5.41, 5.74) is 1.58. The van der Waals surface area contributed by atoms with Gasteiger partial charge in [0.05, 0.1) is 0 Å². The molecule has 1 aromatic rings. The van der Waals surface area contributed by atoms with Crippen molar-refractivity contribution < 1.29 is 5.11 Å². The van der Waals surface area contributed by atoms with Crippen LogP contribution < -0.4 is 5.32 Å². The van der Waals surface area contributed by atoms with Gasteiger partial charge >= 0.3 is 0 Å². The highest BCUT2D eigenvalue weighted by Crippen LogP contribution is 2.40. The molecule has 0 saturated heterocycles. The van der Waals surface area contributed by atoms with Gasteiger partial charge in [0.15, 0.2) is 0 Å². The van der Waals surface area contributed by atoms with Crippen LogP contribution in [-0.2, 0) is 0 Å². The van der Waals surface area contributed by atoms with Gasteiger partial charge < -0.3 is 10.4 Å². The number of hydrogen-bond acceptors (Lipinski definition) is 2. The van der Waals surface area contributed by atoms with Crippen LogP contribution in [0.5, 0.6) is 0 Å². The number of nitrogens with one attached hydrogen (secondary N) is 1. The zero-order valence-electron chi connectivity index (χ0n) is 11.9. The normalized spacial score (nSPS) is 28.3. The predicted octanol–water partition coefficient (Wildman–Crippen LogP) is 3.73. The molecule has 1 aromatic carbocycles. The fourth-order valence-electron chi connectivity index (χ4n) is 3.67. The molecule has 0 bridgehead atoms. The Labute approximate surface area is 126 Å². The number of rotatable bonds is 5. The van der Waals surface area contributed by atoms with Crippen LogP contribution in [0.2, 0.25) is 5.02 Å². The Morgan fingerprint density at radius 3 is 2.40 bits per heavy atom. The van der Waals surface area contributed by atoms with Gasteiger partial charge in [0.25, 0.3) is 0 Å². The SMILES string of the molecule is OCC1(CNC2CC(c3ccc(Cl)cc3)C2)CCCC1. The molecule has 20 heavy (non-hydrogen) atoms. The van der Waals surface area contributed by atoms with E-state index in [0.717, 1.165) is 11.6 Å². The van der Waals surface area contributed by atoms with Crippen LogP contribution in [0.25, 0.3) is 0 Å². The summed E-state index contributed by atoms with van der Waals surface area (Å²) in [7, 11) is 0. The fraction of sp³-hybridized carbons (Fsp3) is 0.647. The maximum atomic E-state index is 9.62. The van der Waals surface area contributed by atoms with Gasteiger partial charge in [0.2, 0.25) is 0 Å². The highest BCUT2D eigenvalue weighted by molar-refractivity contribution is 6.30. The van der Waals surface area contributed by atoms with E-state index >= 15 is 0 Å². The lowest BCUT2D eigenvalue weighted by molar-refractivity contribution is 0.117. The van der Waals surface area contributed by atoms with Crippen molar-refractivity contribution in [3.05, 3.63) is 34.9 Å². The summed E-state index contributed by atoms with van der Waals surface area (Å²) in [6.07, 6.45) is 7.35. The summed E-state index contributed by atoms with van der Waals surface area (Å²) in [5.74, 6) is 0.679. The first kappa shape index (κ1) is 14.4. The average Bonchev–Trinajstić information content (AvgIpc) is 2.88. The van der Waals surface area contributed by atoms with Gasteiger partial charge in [-0.05, 0) is 49.3 Å². The molecule has 2 saturated carbocycles. The number of benzene rings is 1. The molecule has 2 aliphatic rings. The van der Waals surface area contributed by atoms with Crippen molar-refractivity contribution in [2.45, 2.75) is 50.5 Å². The van der Waals surface area contributed by atoms with Gasteiger partial charge in [0, 0.05) is 29.6 Å². The number of aliphatic hydroxyl groups excluding tert-OH is 1. The Bertz CT molecular complexity index is 433. The second-order valence-corrected chi connectivity index (χ2v) is 7.10. The molecule has 2 nitrogen and oxygen atoms in total. The first-order chi connectivity index (χ1) is 9.71. The summed E-state index contributed by atoms with van der Waals surface area (Å²) >= 11 is 5.92. The summed E-state index contributed by atoms with van der Waals surface area (Å²) < 4.78 is 0. The second kappa shape index (κ2) is 6.05. The third kappa shape index (κ3) is 3.03. The lowest BCUT2D eigenvalue weighted by Crippen LogP contribution is -2.46. The molecule has 0 radical (unpaired) electrons. The van der Waals surface area contributed by atoms with Gasteiger partial charge in [-0.1, -0.05) is 36.6 Å². The van der Waals surface area contributed by atoms with E-state index in [1.807, 2.05) is 12.1 Å². The van der Waals surface area contributed by atoms with Gasteiger partial charge in [-0.3, -0.25) is 0 Å². The van der Waals surface area contributed by atoms with Gasteiger partial charge in [0.1, 0.15) is 0 Å². The van der Waals surface area contributed by atoms with Crippen LogP contribution in [-0.4, -0.2) is 24.3 Å². The Morgan fingerprint density at radius 2 is 1.80 bits per heavy atom. The van der Waals surface area contributed by atoms with Crippen LogP contribution in [0.4, 0.5) is 0 Å². The molecule has 0 heterocycles. The zero-order valence-corrected chi connectivity index (χ0v) is 12.7. The van der Waals surface area contributed by atoms with E-state index in [9.17, 15) is 5.11 Å². The molecule has 0 spiro atoms. The van der Waals surface area contributed by atoms with Crippen molar-refractivity contribution in [2.75, 3.05) is 13.2 Å². The van der Waals surface area contributed by atoms with Crippen molar-refractivity contribution >= 4 is 11.6 Å². The van der Waals surface area contributed by atoms with E-state index in [4.69, 9.17) is 11.6 Å². The predicted molar refractivity (Wildman–Crippen MR) is 83.2 cm³/mol. The van der Waals surface area contributed by atoms with E-state index in [2.05, 4.69) is 17.4 Å². The Morgan fingerprint density at radius 1 is 1.15 bits per heavy atom. The molecular weight excluding hydrogens is 270 g/mol. The third-order valence-corrected chi connectivity index (χ3v) is 5.50. The summed E-state index contributed by atoms with van der Waals surface area (Å²) in [5, 5.41) is 14.1. The number of hydrogen-bond donors (Lipinski definition) is 2. The van der Waals surface area contributed by atoms with Crippen LogP contribution in [0, 0.1) is 5.41 Å². The highest BCUT2D eigenvalue weighted by atomic mass is 35.5. The zero-order chi connectivity index (χ0) is 14.0. The largest absolute Gasteiger partial charge is 0.396 e. The minimum atomic E-state index is 0.172. The first-order valence-electron chi connectivity index (χ1n) is 7.80. The molecule has 110 valence electrons. The van der Waals surface area contributed by atoms with Gasteiger partial charge in [-0.15, -0.1) is 0 Å². The molecule has 2 aliphatic carbocycles. The molecule has 2 N–H and O–H groups in total. The maximum absolute atomic E-state index is 9.62. The van der Waals surface area contributed by atoms with Gasteiger partial charge in [-0.2, -0.15) is 0 Å². The molecule has 0 amide bonds. The number of halogens is 1. The molecule has 3 rings (SSSR count). The lowest BCUT2D eigenvalue weighted by atomic mass is 9.75. The summed E-state index contributed by atoms with van der Waals surface area (Å²) in [4.78, 5) is 0. The monoisotopic (exact) mass is 293 g/mol. The average molecular weight is 294 g/mol. The van der Waals surface area contributed by atoms with Crippen molar-refractivity contribution in [2.24, 2.45) is 5.41 Å². The topological polar surface area (TPSA) is 32.3 Å². The smallest absolute Gasteiger partial charge is 0.0499 e. The highest BCUT2D eigenvalue weighted by Gasteiger charge is 2.36. The lowest BCUT2D eigenvalue weighted by Gasteiger charge is -2.39. The van der Waals surface area contributed by atoms with E-state index in [1.165, 1.54) is 44.1 Å². The van der Waals surface area contributed by atoms with Crippen molar-refractivity contribution in [1.82, 2.24) is 5.32 Å². The molecule has 0 aliphatic heterocycles. The minimum Gasteiger partial charge on any atom is -0.396 e. The van der Waals surface area contributed by atoms with Crippen LogP contribution in [0.3, 0.4) is 0 Å². The van der Waals surface area contributed by atoms with Crippen molar-refractivity contribution in [1.29, 1.82) is 0 Å². The van der Waals surface area contributed by atoms with Crippen LogP contribution >= 0.6 is 11.6 Å². The minimum absolute atomic E-state index is 0.172. The van der Waals surface area contributed by atoms with E-state index < -0.39 is 0 Å². The molecular formula is C17H24ClNO. The summed E-state index contributed by atoms with van der Waals surface area (Å²) in [6, 6.07) is 8.89. The first-order valence-corrected chi connectivity index (χ1v) is 8.18. The van der Waals surface area contributed by atoms with E-state index in [-0.39, 0.29) is 5.41 Å². The molecule has 2 fully saturated rings. The Hall–Kier alpha value is -0.570. The molecule has 3 heteroatoms. The third-order valence-electron chi connectivity index (χ3n) is 5.24. The van der Waals surface area contributed by atoms with Crippen molar-refractivity contribution in [3.63, 3.8) is 0 Å². The van der Waals surface area contributed by atoms with Crippen molar-refractivity contribution in [3.8, 4) is 0 Å². The summed E-state index contributed by atoms with van der Waals surface area (Å²) in [6.45, 7) is 1.33. The molecule has 0 unspecified atom stereocenters. The molecule has 0 atom stereocenters. The Kier molecular flexibility index (Phi) is 4.34. The quantitative estimate of drug-likeness (QED) is 0.867. The van der Waals surface area contributed by atoms with E-state index in [0.29, 0.717) is 18.6 Å². The maximum Gasteiger partial charge on any atom is 0.0499 e. The Balaban J connectivity index is 1.45. The number of aliphatic hydroxyl groups is 1. The standard InChI is InChI=1S/C17H24ClNO/c18-15-5-3-13(4-6-15)14-9-16(10-14)19-11-17(12-20)7-1-2-8-17/h3-6,14,16,19-20H,1-2,7-12H2. The van der Waals surface area contributed by atoms with Crippen LogP contribution in [0.15, 0.2) is 24.3 Å².